The van der Waals surface area contributed by atoms with Crippen molar-refractivity contribution < 1.29 is 41.8 Å². The summed E-state index contributed by atoms with van der Waals surface area (Å²) in [6.07, 6.45) is -1.22. The molecule has 1 fully saturated rings. The lowest BCUT2D eigenvalue weighted by atomic mass is 9.95. The van der Waals surface area contributed by atoms with E-state index in [2.05, 4.69) is 15.6 Å². The highest BCUT2D eigenvalue weighted by Crippen LogP contribution is 2.37. The number of rotatable bonds is 5. The van der Waals surface area contributed by atoms with Crippen molar-refractivity contribution in [1.29, 1.82) is 0 Å². The molecule has 4 aromatic rings. The summed E-state index contributed by atoms with van der Waals surface area (Å²) in [5, 5.41) is 17.1. The molecule has 2 unspecified atom stereocenters. The second kappa shape index (κ2) is 16.4. The van der Waals surface area contributed by atoms with Gasteiger partial charge in [0, 0.05) is 42.3 Å². The third kappa shape index (κ3) is 9.94. The predicted octanol–water partition coefficient (Wildman–Crippen LogP) is 7.54. The van der Waals surface area contributed by atoms with Crippen LogP contribution >= 0.6 is 0 Å². The molecule has 1 aromatic heterocycles. The Balaban J connectivity index is 1.43. The van der Waals surface area contributed by atoms with E-state index in [-0.39, 0.29) is 33.9 Å². The van der Waals surface area contributed by atoms with Crippen molar-refractivity contribution in [1.82, 2.24) is 14.8 Å². The van der Waals surface area contributed by atoms with Crippen LogP contribution in [0.4, 0.5) is 31.2 Å². The molecule has 2 aliphatic rings. The highest BCUT2D eigenvalue weighted by atomic mass is 32.2. The minimum Gasteiger partial charge on any atom is -0.443 e. The molecule has 316 valence electrons. The van der Waals surface area contributed by atoms with Gasteiger partial charge in [-0.05, 0) is 120 Å². The van der Waals surface area contributed by atoms with E-state index in [1.165, 1.54) is 23.1 Å². The smallest absolute Gasteiger partial charge is 0.425 e. The molecule has 16 heteroatoms. The lowest BCUT2D eigenvalue weighted by molar-refractivity contribution is -0.131. The number of aromatic nitrogens is 1. The van der Waals surface area contributed by atoms with Gasteiger partial charge in [0.2, 0.25) is 5.91 Å². The van der Waals surface area contributed by atoms with Crippen LogP contribution in [-0.2, 0) is 30.7 Å². The number of pyridine rings is 1. The maximum absolute atomic E-state index is 15.8. The summed E-state index contributed by atoms with van der Waals surface area (Å²) < 4.78 is 54.0. The Labute approximate surface area is 344 Å². The molecule has 0 saturated heterocycles. The second-order valence-electron chi connectivity index (χ2n) is 17.4. The molecule has 3 amide bonds. The van der Waals surface area contributed by atoms with Crippen LogP contribution in [0, 0.1) is 5.82 Å². The summed E-state index contributed by atoms with van der Waals surface area (Å²) in [7, 11) is -0.324. The van der Waals surface area contributed by atoms with E-state index in [0.29, 0.717) is 46.8 Å². The van der Waals surface area contributed by atoms with Gasteiger partial charge < -0.3 is 30.1 Å². The summed E-state index contributed by atoms with van der Waals surface area (Å²) in [5.74, 6) is -1.49. The first kappa shape index (κ1) is 43.3. The fraction of sp³-hybridized carbons (Fsp3) is 0.442. The van der Waals surface area contributed by atoms with Gasteiger partial charge in [-0.25, -0.2) is 27.4 Å². The zero-order valence-corrected chi connectivity index (χ0v) is 35.7. The number of halogens is 1. The molecule has 59 heavy (non-hydrogen) atoms. The van der Waals surface area contributed by atoms with Gasteiger partial charge >= 0.3 is 12.2 Å². The van der Waals surface area contributed by atoms with E-state index in [1.54, 1.807) is 84.8 Å². The number of aliphatic hydroxyl groups is 1. The molecule has 4 bridgehead atoms. The number of nitrogens with one attached hydrogen (secondary N) is 2. The van der Waals surface area contributed by atoms with Crippen LogP contribution < -0.4 is 15.5 Å². The second-order valence-corrected chi connectivity index (χ2v) is 19.5. The molecule has 6 rings (SSSR count). The maximum Gasteiger partial charge on any atom is 0.425 e. The number of ether oxygens (including phenoxy) is 2. The van der Waals surface area contributed by atoms with E-state index in [4.69, 9.17) is 9.47 Å². The Kier molecular flexibility index (Phi) is 12.0. The van der Waals surface area contributed by atoms with Crippen molar-refractivity contribution in [3.05, 3.63) is 89.4 Å². The molecule has 2 heterocycles. The number of hydrogen-bond acceptors (Lipinski definition) is 12. The van der Waals surface area contributed by atoms with Crippen LogP contribution in [0.25, 0.3) is 10.8 Å². The molecule has 0 radical (unpaired) electrons. The molecule has 14 nitrogen and oxygen atoms in total. The Hall–Kier alpha value is -5.32. The zero-order chi connectivity index (χ0) is 43.2. The number of likely N-dealkylation sites (N-methyl/N-ethyl adjacent to an activating group) is 2. The molecule has 3 atom stereocenters. The third-order valence-corrected chi connectivity index (χ3v) is 12.3. The van der Waals surface area contributed by atoms with E-state index in [1.807, 2.05) is 25.1 Å². The molecular formula is C43H53FN6O8S. The molecule has 3 aromatic carbocycles. The van der Waals surface area contributed by atoms with Crippen molar-refractivity contribution in [2.24, 2.45) is 0 Å². The number of sulfone groups is 1. The molecule has 1 saturated carbocycles. The minimum atomic E-state index is -3.67. The summed E-state index contributed by atoms with van der Waals surface area (Å²) in [4.78, 5) is 49.8. The van der Waals surface area contributed by atoms with Gasteiger partial charge in [-0.3, -0.25) is 9.69 Å². The summed E-state index contributed by atoms with van der Waals surface area (Å²) >= 11 is 0. The topological polar surface area (TPSA) is 171 Å². The van der Waals surface area contributed by atoms with Gasteiger partial charge in [0.25, 0.3) is 0 Å². The van der Waals surface area contributed by atoms with Crippen molar-refractivity contribution >= 4 is 55.9 Å². The average molecular weight is 833 g/mol. The van der Waals surface area contributed by atoms with E-state index < -0.39 is 62.6 Å². The molecule has 1 aliphatic carbocycles. The Morgan fingerprint density at radius 3 is 2.20 bits per heavy atom. The maximum atomic E-state index is 15.8. The highest BCUT2D eigenvalue weighted by molar-refractivity contribution is 7.92. The van der Waals surface area contributed by atoms with Crippen molar-refractivity contribution in [2.75, 3.05) is 36.2 Å². The number of hydrogen-bond donors (Lipinski definition) is 3. The quantitative estimate of drug-likeness (QED) is 0.181. The van der Waals surface area contributed by atoms with Crippen molar-refractivity contribution in [3.63, 3.8) is 0 Å². The molecular weight excluding hydrogens is 780 g/mol. The zero-order valence-electron chi connectivity index (χ0n) is 34.9. The molecule has 1 aliphatic heterocycles. The lowest BCUT2D eigenvalue weighted by Gasteiger charge is -2.29. The Bertz CT molecular complexity index is 2350. The van der Waals surface area contributed by atoms with Gasteiger partial charge in [0.15, 0.2) is 22.0 Å². The fourth-order valence-corrected chi connectivity index (χ4v) is 8.76. The first-order valence-electron chi connectivity index (χ1n) is 19.5. The minimum absolute atomic E-state index is 0.0155. The van der Waals surface area contributed by atoms with Gasteiger partial charge in [-0.2, -0.15) is 4.90 Å². The number of aliphatic hydroxyl groups excluding tert-OH is 1. The normalized spacial score (nSPS) is 19.6. The third-order valence-electron chi connectivity index (χ3n) is 9.94. The van der Waals surface area contributed by atoms with Crippen LogP contribution in [0.3, 0.4) is 0 Å². The number of anilines is 3. The van der Waals surface area contributed by atoms with Crippen LogP contribution in [0.15, 0.2) is 71.8 Å². The van der Waals surface area contributed by atoms with Crippen LogP contribution in [0.2, 0.25) is 0 Å². The first-order valence-corrected chi connectivity index (χ1v) is 21.0. The lowest BCUT2D eigenvalue weighted by Crippen LogP contribution is -2.44. The van der Waals surface area contributed by atoms with Crippen LogP contribution in [0.1, 0.15) is 90.0 Å². The largest absolute Gasteiger partial charge is 0.443 e. The number of amides is 3. The van der Waals surface area contributed by atoms with E-state index >= 15 is 4.39 Å². The van der Waals surface area contributed by atoms with Crippen LogP contribution in [0.5, 0.6) is 0 Å². The van der Waals surface area contributed by atoms with Gasteiger partial charge in [-0.15, -0.1) is 0 Å². The standard InChI is InChI=1S/C43H53FN6O8S/c1-25-23-49(9)39(52)47-29-14-18-35(59(55,56)31-15-16-31)28(20-29)24-48(8)38(51)36(27-12-10-11-26(25)19-27)46-30-13-17-32-33(21-30)34(44)22-45-37(32)50(40(53)57-42(2,3)4)41(54)58-43(5,6)7/h10-14,17-22,25,31,36,39,46-47,52H,15-16,23-24H2,1-9H3/t25-,36?,39?/m0/s1. The molecule has 3 N–H and O–H groups in total. The Morgan fingerprint density at radius 1 is 0.932 bits per heavy atom. The molecule has 0 spiro atoms. The number of carbonyl (C=O) groups is 3. The van der Waals surface area contributed by atoms with Crippen LogP contribution in [-0.4, -0.2) is 89.8 Å². The summed E-state index contributed by atoms with van der Waals surface area (Å²) in [5.41, 5.74) is 0.680. The van der Waals surface area contributed by atoms with E-state index in [0.717, 1.165) is 11.8 Å². The SMILES string of the molecule is C[C@H]1CN(C)C(O)Nc2ccc(S(=O)(=O)C3CC3)c(c2)CN(C)C(=O)C(Nc2ccc3c(N(C(=O)OC(C)(C)C)C(=O)OC(C)(C)C)ncc(F)c3c2)c2cccc1c2. The van der Waals surface area contributed by atoms with Crippen molar-refractivity contribution in [2.45, 2.75) is 108 Å². The average Bonchev–Trinajstić information content (AvgIpc) is 4.00. The number of benzene rings is 3. The summed E-state index contributed by atoms with van der Waals surface area (Å²) in [6, 6.07) is 15.7. The Morgan fingerprint density at radius 2 is 1.58 bits per heavy atom. The number of carbonyl (C=O) groups excluding carboxylic acids is 3. The number of nitrogens with zero attached hydrogens (tertiary/aromatic N) is 4. The highest BCUT2D eigenvalue weighted by Gasteiger charge is 2.39. The predicted molar refractivity (Wildman–Crippen MR) is 223 cm³/mol. The monoisotopic (exact) mass is 832 g/mol. The van der Waals surface area contributed by atoms with Gasteiger partial charge in [0.1, 0.15) is 23.1 Å². The first-order chi connectivity index (χ1) is 27.5. The summed E-state index contributed by atoms with van der Waals surface area (Å²) in [6.45, 7) is 12.2. The van der Waals surface area contributed by atoms with Gasteiger partial charge in [0.05, 0.1) is 16.3 Å². The number of imide groups is 1. The van der Waals surface area contributed by atoms with Crippen molar-refractivity contribution in [3.8, 4) is 0 Å². The van der Waals surface area contributed by atoms with Gasteiger partial charge in [-0.1, -0.05) is 31.2 Å². The number of fused-ring (bicyclic) bond motifs is 5. The van der Waals surface area contributed by atoms with E-state index in [9.17, 15) is 27.9 Å². The fourth-order valence-electron chi connectivity index (χ4n) is 6.90.